The van der Waals surface area contributed by atoms with Crippen LogP contribution in [0.1, 0.15) is 37.6 Å². The summed E-state index contributed by atoms with van der Waals surface area (Å²) in [6.07, 6.45) is 1.81. The van der Waals surface area contributed by atoms with Gasteiger partial charge in [0, 0.05) is 27.5 Å². The third kappa shape index (κ3) is 4.11. The van der Waals surface area contributed by atoms with Crippen molar-refractivity contribution in [1.29, 1.82) is 0 Å². The molecule has 1 unspecified atom stereocenters. The van der Waals surface area contributed by atoms with Crippen LogP contribution in [0.2, 0.25) is 0 Å². The molecule has 10 heteroatoms. The van der Waals surface area contributed by atoms with E-state index in [1.54, 1.807) is 0 Å². The Hall–Kier alpha value is -1.95. The van der Waals surface area contributed by atoms with Gasteiger partial charge in [-0.1, -0.05) is 25.6 Å². The molecule has 1 amide bonds. The predicted molar refractivity (Wildman–Crippen MR) is 123 cm³/mol. The minimum Gasteiger partial charge on any atom is -0.382 e. The zero-order valence-corrected chi connectivity index (χ0v) is 19.6. The van der Waals surface area contributed by atoms with Crippen molar-refractivity contribution in [3.63, 3.8) is 0 Å². The Morgan fingerprint density at radius 1 is 1.43 bits per heavy atom. The summed E-state index contributed by atoms with van der Waals surface area (Å²) < 4.78 is 17.2. The van der Waals surface area contributed by atoms with E-state index in [9.17, 15) is 9.18 Å². The topological polar surface area (TPSA) is 98.7 Å². The molecule has 4 rings (SSSR count). The fourth-order valence-corrected chi connectivity index (χ4v) is 5.27. The van der Waals surface area contributed by atoms with Crippen LogP contribution in [0.5, 0.6) is 0 Å². The molecule has 158 valence electrons. The van der Waals surface area contributed by atoms with Gasteiger partial charge in [0.05, 0.1) is 0 Å². The van der Waals surface area contributed by atoms with Gasteiger partial charge in [-0.2, -0.15) is 0 Å². The van der Waals surface area contributed by atoms with Crippen LogP contribution in [0, 0.1) is 9.49 Å². The molecular weight excluding hydrogens is 518 g/mol. The molecule has 2 aromatic heterocycles. The lowest BCUT2D eigenvalue weighted by Gasteiger charge is -2.12. The van der Waals surface area contributed by atoms with E-state index in [0.717, 1.165) is 26.0 Å². The minimum atomic E-state index is -0.914. The highest BCUT2D eigenvalue weighted by Crippen LogP contribution is 2.41. The van der Waals surface area contributed by atoms with Crippen molar-refractivity contribution in [3.8, 4) is 0 Å². The van der Waals surface area contributed by atoms with Gasteiger partial charge in [0.2, 0.25) is 5.91 Å². The normalized spacial score (nSPS) is 15.7. The standard InChI is InChI=1S/C20H22FIN6OS/c1-10(2)19(29)24-5-6-28-18-16(17(23)25-9-26-18)27-20(28)30-15-8-12-11(7-14(15)22)3-4-13(12)21/h7-10,13H,3-6H2,1-2H3,(H,24,29)(H2,23,25,26). The Balaban J connectivity index is 1.67. The first-order valence-electron chi connectivity index (χ1n) is 9.73. The molecule has 7 nitrogen and oxygen atoms in total. The molecule has 0 saturated carbocycles. The molecule has 3 N–H and O–H groups in total. The van der Waals surface area contributed by atoms with Crippen molar-refractivity contribution < 1.29 is 9.18 Å². The van der Waals surface area contributed by atoms with E-state index in [1.165, 1.54) is 18.1 Å². The van der Waals surface area contributed by atoms with Gasteiger partial charge in [0.25, 0.3) is 0 Å². The number of nitrogen functional groups attached to an aromatic ring is 1. The number of carbonyl (C=O) groups excluding carboxylic acids is 1. The SMILES string of the molecule is CC(C)C(=O)NCCn1c(Sc2cc3c(cc2I)CCC3F)nc2c(N)ncnc21. The summed E-state index contributed by atoms with van der Waals surface area (Å²) in [6.45, 7) is 4.63. The number of aromatic nitrogens is 4. The average Bonchev–Trinajstić information content (AvgIpc) is 3.24. The van der Waals surface area contributed by atoms with Gasteiger partial charge in [-0.25, -0.2) is 19.3 Å². The van der Waals surface area contributed by atoms with Gasteiger partial charge in [0.1, 0.15) is 12.5 Å². The summed E-state index contributed by atoms with van der Waals surface area (Å²) in [7, 11) is 0. The summed E-state index contributed by atoms with van der Waals surface area (Å²) >= 11 is 3.73. The maximum absolute atomic E-state index is 14.3. The van der Waals surface area contributed by atoms with Gasteiger partial charge in [-0.3, -0.25) is 4.79 Å². The molecule has 3 aromatic rings. The van der Waals surface area contributed by atoms with Crippen molar-refractivity contribution in [3.05, 3.63) is 33.2 Å². The smallest absolute Gasteiger partial charge is 0.222 e. The number of imidazole rings is 1. The van der Waals surface area contributed by atoms with Crippen LogP contribution < -0.4 is 11.1 Å². The Morgan fingerprint density at radius 3 is 3.00 bits per heavy atom. The fraction of sp³-hybridized carbons (Fsp3) is 0.400. The quantitative estimate of drug-likeness (QED) is 0.461. The number of alkyl halides is 1. The lowest BCUT2D eigenvalue weighted by atomic mass is 10.1. The molecule has 1 aliphatic rings. The number of benzene rings is 1. The van der Waals surface area contributed by atoms with Crippen LogP contribution >= 0.6 is 34.4 Å². The zero-order valence-electron chi connectivity index (χ0n) is 16.7. The number of aryl methyl sites for hydroxylation is 1. The Kier molecular flexibility index (Phi) is 6.14. The Bertz CT molecular complexity index is 1120. The van der Waals surface area contributed by atoms with E-state index < -0.39 is 6.17 Å². The van der Waals surface area contributed by atoms with Crippen molar-refractivity contribution in [1.82, 2.24) is 24.8 Å². The molecule has 0 radical (unpaired) electrons. The maximum Gasteiger partial charge on any atom is 0.222 e. The van der Waals surface area contributed by atoms with Crippen molar-refractivity contribution >= 4 is 57.2 Å². The van der Waals surface area contributed by atoms with Crippen molar-refractivity contribution in [2.45, 2.75) is 49.5 Å². The van der Waals surface area contributed by atoms with Crippen LogP contribution in [0.15, 0.2) is 28.5 Å². The minimum absolute atomic E-state index is 0.00933. The van der Waals surface area contributed by atoms with Crippen molar-refractivity contribution in [2.24, 2.45) is 5.92 Å². The van der Waals surface area contributed by atoms with Crippen LogP contribution in [0.4, 0.5) is 10.2 Å². The molecule has 0 fully saturated rings. The van der Waals surface area contributed by atoms with Crippen LogP contribution in [-0.4, -0.2) is 32.0 Å². The number of nitrogens with two attached hydrogens (primary N) is 1. The van der Waals surface area contributed by atoms with Gasteiger partial charge >= 0.3 is 0 Å². The summed E-state index contributed by atoms with van der Waals surface area (Å²) in [5.41, 5.74) is 9.00. The number of nitrogens with one attached hydrogen (secondary N) is 1. The zero-order chi connectivity index (χ0) is 21.4. The Labute approximate surface area is 191 Å². The number of anilines is 1. The second kappa shape index (κ2) is 8.66. The highest BCUT2D eigenvalue weighted by atomic mass is 127. The molecule has 1 aliphatic carbocycles. The summed E-state index contributed by atoms with van der Waals surface area (Å²) in [4.78, 5) is 25.9. The first kappa shape index (κ1) is 21.3. The molecule has 0 saturated heterocycles. The van der Waals surface area contributed by atoms with Crippen LogP contribution in [-0.2, 0) is 17.8 Å². The second-order valence-corrected chi connectivity index (χ2v) is 9.68. The molecule has 0 bridgehead atoms. The van der Waals surface area contributed by atoms with E-state index in [1.807, 2.05) is 24.5 Å². The summed E-state index contributed by atoms with van der Waals surface area (Å²) in [5, 5.41) is 3.60. The number of rotatable bonds is 6. The van der Waals surface area contributed by atoms with Crippen LogP contribution in [0.3, 0.4) is 0 Å². The van der Waals surface area contributed by atoms with Gasteiger partial charge in [-0.05, 0) is 58.7 Å². The van der Waals surface area contributed by atoms with E-state index >= 15 is 0 Å². The van der Waals surface area contributed by atoms with Crippen LogP contribution in [0.25, 0.3) is 11.2 Å². The third-order valence-electron chi connectivity index (χ3n) is 5.08. The van der Waals surface area contributed by atoms with E-state index in [0.29, 0.717) is 41.6 Å². The van der Waals surface area contributed by atoms with E-state index in [-0.39, 0.29) is 11.8 Å². The molecule has 0 aliphatic heterocycles. The third-order valence-corrected chi connectivity index (χ3v) is 7.39. The number of hydrogen-bond acceptors (Lipinski definition) is 6. The second-order valence-electron chi connectivity index (χ2n) is 7.51. The highest BCUT2D eigenvalue weighted by Gasteiger charge is 2.25. The first-order chi connectivity index (χ1) is 14.3. The number of nitrogens with zero attached hydrogens (tertiary/aromatic N) is 4. The number of fused-ring (bicyclic) bond motifs is 2. The maximum atomic E-state index is 14.3. The molecule has 2 heterocycles. The molecule has 1 atom stereocenters. The van der Waals surface area contributed by atoms with Crippen molar-refractivity contribution in [2.75, 3.05) is 12.3 Å². The molecule has 1 aromatic carbocycles. The molecular formula is C20H22FIN6OS. The molecule has 30 heavy (non-hydrogen) atoms. The van der Waals surface area contributed by atoms with E-state index in [2.05, 4.69) is 48.9 Å². The lowest BCUT2D eigenvalue weighted by Crippen LogP contribution is -2.30. The Morgan fingerprint density at radius 2 is 2.23 bits per heavy atom. The number of hydrogen-bond donors (Lipinski definition) is 2. The largest absolute Gasteiger partial charge is 0.382 e. The van der Waals surface area contributed by atoms with Gasteiger partial charge in [0.15, 0.2) is 22.1 Å². The van der Waals surface area contributed by atoms with Gasteiger partial charge in [-0.15, -0.1) is 0 Å². The number of halogens is 2. The fourth-order valence-electron chi connectivity index (χ4n) is 3.44. The summed E-state index contributed by atoms with van der Waals surface area (Å²) in [6, 6.07) is 3.99. The molecule has 0 spiro atoms. The average molecular weight is 540 g/mol. The number of carbonyl (C=O) groups is 1. The summed E-state index contributed by atoms with van der Waals surface area (Å²) in [5.74, 6) is 0.210. The van der Waals surface area contributed by atoms with Gasteiger partial charge < -0.3 is 15.6 Å². The monoisotopic (exact) mass is 540 g/mol. The highest BCUT2D eigenvalue weighted by molar-refractivity contribution is 14.1. The predicted octanol–water partition coefficient (Wildman–Crippen LogP) is 3.89. The van der Waals surface area contributed by atoms with E-state index in [4.69, 9.17) is 5.73 Å². The lowest BCUT2D eigenvalue weighted by molar-refractivity contribution is -0.124. The first-order valence-corrected chi connectivity index (χ1v) is 11.6. The number of amides is 1.